The number of hydrogen-bond acceptors (Lipinski definition) is 5. The van der Waals surface area contributed by atoms with Gasteiger partial charge in [-0.05, 0) is 34.5 Å². The van der Waals surface area contributed by atoms with Crippen molar-refractivity contribution in [3.05, 3.63) is 45.3 Å². The summed E-state index contributed by atoms with van der Waals surface area (Å²) in [5.74, 6) is -0.413. The van der Waals surface area contributed by atoms with Crippen molar-refractivity contribution in [1.82, 2.24) is 14.6 Å². The van der Waals surface area contributed by atoms with E-state index in [-0.39, 0.29) is 24.0 Å². The first-order valence-corrected chi connectivity index (χ1v) is 9.09. The highest BCUT2D eigenvalue weighted by Gasteiger charge is 2.16. The predicted octanol–water partition coefficient (Wildman–Crippen LogP) is 3.46. The highest BCUT2D eigenvalue weighted by Crippen LogP contribution is 2.26. The van der Waals surface area contributed by atoms with Crippen LogP contribution in [0.25, 0.3) is 4.83 Å². The molecule has 1 N–H and O–H groups in total. The maximum absolute atomic E-state index is 12.6. The number of ketones is 1. The monoisotopic (exact) mass is 426 g/mol. The van der Waals surface area contributed by atoms with Gasteiger partial charge in [0.2, 0.25) is 0 Å². The summed E-state index contributed by atoms with van der Waals surface area (Å²) < 4.78 is 2.53. The molecule has 3 rings (SSSR count). The van der Waals surface area contributed by atoms with Crippen LogP contribution in [0.4, 0.5) is 5.69 Å². The largest absolute Gasteiger partial charge is 0.320 e. The molecule has 0 aliphatic heterocycles. The van der Waals surface area contributed by atoms with Gasteiger partial charge in [-0.15, -0.1) is 22.9 Å². The summed E-state index contributed by atoms with van der Waals surface area (Å²) in [4.78, 5) is 29.0. The minimum absolute atomic E-state index is 0.0444. The molecule has 0 fully saturated rings. The molecule has 0 aliphatic carbocycles. The van der Waals surface area contributed by atoms with Gasteiger partial charge in [0.1, 0.15) is 4.83 Å². The van der Waals surface area contributed by atoms with Crippen LogP contribution in [0.1, 0.15) is 21.6 Å². The van der Waals surface area contributed by atoms with Gasteiger partial charge in [0, 0.05) is 12.6 Å². The fraction of sp³-hybridized carbons (Fsp3) is 0.200. The number of rotatable bonds is 5. The highest BCUT2D eigenvalue weighted by atomic mass is 79.9. The molecule has 0 unspecified atom stereocenters. The summed E-state index contributed by atoms with van der Waals surface area (Å²) >= 11 is 10.3. The number of fused-ring (bicyclic) bond motifs is 1. The lowest BCUT2D eigenvalue weighted by atomic mass is 10.1. The number of halogens is 2. The smallest absolute Gasteiger partial charge is 0.260 e. The number of pyridine rings is 1. The third-order valence-electron chi connectivity index (χ3n) is 3.35. The molecule has 0 saturated heterocycles. The van der Waals surface area contributed by atoms with Gasteiger partial charge >= 0.3 is 0 Å². The summed E-state index contributed by atoms with van der Waals surface area (Å²) in [5, 5.41) is 6.99. The molecule has 0 saturated carbocycles. The molecule has 0 aromatic carbocycles. The Bertz CT molecular complexity index is 937. The van der Waals surface area contributed by atoms with Crippen LogP contribution in [0.2, 0.25) is 0 Å². The molecule has 0 bridgehead atoms. The molecule has 3 aromatic heterocycles. The minimum Gasteiger partial charge on any atom is -0.320 e. The van der Waals surface area contributed by atoms with E-state index in [2.05, 4.69) is 31.3 Å². The zero-order valence-corrected chi connectivity index (χ0v) is 15.7. The van der Waals surface area contributed by atoms with Crippen LogP contribution in [0, 0.1) is 6.92 Å². The van der Waals surface area contributed by atoms with Crippen molar-refractivity contribution < 1.29 is 9.59 Å². The lowest BCUT2D eigenvalue weighted by Gasteiger charge is -2.09. The molecular weight excluding hydrogens is 416 g/mol. The molecule has 3 aromatic rings. The van der Waals surface area contributed by atoms with Gasteiger partial charge in [-0.2, -0.15) is 5.10 Å². The van der Waals surface area contributed by atoms with Crippen LogP contribution in [0.3, 0.4) is 0 Å². The summed E-state index contributed by atoms with van der Waals surface area (Å²) in [6.45, 7) is 1.79. The van der Waals surface area contributed by atoms with Gasteiger partial charge in [0.15, 0.2) is 5.78 Å². The number of nitrogens with one attached hydrogen (secondary N) is 1. The van der Waals surface area contributed by atoms with Crippen molar-refractivity contribution in [2.45, 2.75) is 13.3 Å². The molecule has 0 radical (unpaired) electrons. The first-order chi connectivity index (χ1) is 11.5. The Hall–Kier alpha value is -1.77. The second kappa shape index (κ2) is 7.00. The molecule has 0 spiro atoms. The van der Waals surface area contributed by atoms with Gasteiger partial charge in [0.25, 0.3) is 5.91 Å². The number of aromatic nitrogens is 3. The lowest BCUT2D eigenvalue weighted by Crippen LogP contribution is -2.13. The van der Waals surface area contributed by atoms with Crippen LogP contribution >= 0.6 is 38.9 Å². The molecule has 24 heavy (non-hydrogen) atoms. The third kappa shape index (κ3) is 3.50. The topological polar surface area (TPSA) is 76.4 Å². The molecular formula is C15H12BrClN4O2S. The van der Waals surface area contributed by atoms with E-state index in [0.29, 0.717) is 22.5 Å². The van der Waals surface area contributed by atoms with E-state index in [9.17, 15) is 9.59 Å². The van der Waals surface area contributed by atoms with Crippen molar-refractivity contribution >= 4 is 61.1 Å². The number of anilines is 1. The summed E-state index contributed by atoms with van der Waals surface area (Å²) in [6, 6.07) is 1.75. The van der Waals surface area contributed by atoms with Crippen molar-refractivity contribution in [3.8, 4) is 0 Å². The molecule has 6 nitrogen and oxygen atoms in total. The number of carbonyl (C=O) groups is 2. The molecule has 3 heterocycles. The Balaban J connectivity index is 1.85. The molecule has 1 amide bonds. The van der Waals surface area contributed by atoms with E-state index in [1.807, 2.05) is 0 Å². The zero-order chi connectivity index (χ0) is 17.3. The molecule has 9 heteroatoms. The predicted molar refractivity (Wildman–Crippen MR) is 97.1 cm³/mol. The van der Waals surface area contributed by atoms with E-state index in [4.69, 9.17) is 11.6 Å². The minimum atomic E-state index is -0.273. The number of alkyl halides is 1. The number of carbonyl (C=O) groups excluding carboxylic acids is 2. The van der Waals surface area contributed by atoms with E-state index in [1.165, 1.54) is 17.5 Å². The Labute approximate surface area is 155 Å². The fourth-order valence-corrected chi connectivity index (χ4v) is 3.71. The third-order valence-corrected chi connectivity index (χ3v) is 5.24. The van der Waals surface area contributed by atoms with Crippen molar-refractivity contribution in [1.29, 1.82) is 0 Å². The lowest BCUT2D eigenvalue weighted by molar-refractivity contribution is -0.116. The maximum atomic E-state index is 12.6. The Morgan fingerprint density at radius 1 is 1.42 bits per heavy atom. The van der Waals surface area contributed by atoms with E-state index in [1.54, 1.807) is 29.9 Å². The van der Waals surface area contributed by atoms with Crippen molar-refractivity contribution in [3.63, 3.8) is 0 Å². The number of amides is 1. The van der Waals surface area contributed by atoms with E-state index < -0.39 is 0 Å². The fourth-order valence-electron chi connectivity index (χ4n) is 2.18. The van der Waals surface area contributed by atoms with Gasteiger partial charge in [-0.3, -0.25) is 14.6 Å². The Morgan fingerprint density at radius 2 is 2.21 bits per heavy atom. The average Bonchev–Trinajstić information content (AvgIpc) is 3.09. The Kier molecular flexibility index (Phi) is 4.98. The summed E-state index contributed by atoms with van der Waals surface area (Å²) in [7, 11) is 0. The second-order valence-electron chi connectivity index (χ2n) is 5.12. The van der Waals surface area contributed by atoms with Gasteiger partial charge < -0.3 is 5.32 Å². The molecule has 124 valence electrons. The first-order valence-electron chi connectivity index (χ1n) is 6.95. The first kappa shape index (κ1) is 17.1. The van der Waals surface area contributed by atoms with Crippen molar-refractivity contribution in [2.24, 2.45) is 0 Å². The quantitative estimate of drug-likeness (QED) is 0.633. The van der Waals surface area contributed by atoms with E-state index >= 15 is 0 Å². The standard InChI is InChI=1S/C15H12BrClN4O2S/c1-8-12(3-9(5-18-8)2-10(22)4-17)20-14(23)11-6-19-21-7-13(16)24-15(11)21/h3,5-7H,2,4H2,1H3,(H,20,23). The van der Waals surface area contributed by atoms with Gasteiger partial charge in [-0.25, -0.2) is 4.52 Å². The van der Waals surface area contributed by atoms with Crippen LogP contribution in [-0.2, 0) is 11.2 Å². The maximum Gasteiger partial charge on any atom is 0.260 e. The Morgan fingerprint density at radius 3 is 2.96 bits per heavy atom. The molecule has 0 aliphatic rings. The van der Waals surface area contributed by atoms with Crippen molar-refractivity contribution in [2.75, 3.05) is 11.2 Å². The van der Waals surface area contributed by atoms with Crippen LogP contribution < -0.4 is 5.32 Å². The van der Waals surface area contributed by atoms with Crippen LogP contribution in [0.15, 0.2) is 28.4 Å². The summed E-state index contributed by atoms with van der Waals surface area (Å²) in [6.07, 6.45) is 5.12. The molecule has 0 atom stereocenters. The van der Waals surface area contributed by atoms with Crippen LogP contribution in [0.5, 0.6) is 0 Å². The number of thiazole rings is 1. The average molecular weight is 428 g/mol. The van der Waals surface area contributed by atoms with E-state index in [0.717, 1.165) is 8.62 Å². The number of Topliss-reactive ketones (excluding diaryl/α,β-unsaturated/α-hetero) is 1. The highest BCUT2D eigenvalue weighted by molar-refractivity contribution is 9.11. The SMILES string of the molecule is Cc1ncc(CC(=O)CCl)cc1NC(=O)c1cnn2cc(Br)sc12. The number of nitrogens with zero attached hydrogens (tertiary/aromatic N) is 3. The zero-order valence-electron chi connectivity index (χ0n) is 12.5. The number of aryl methyl sites for hydroxylation is 1. The van der Waals surface area contributed by atoms with Gasteiger partial charge in [-0.1, -0.05) is 0 Å². The number of hydrogen-bond donors (Lipinski definition) is 1. The normalized spacial score (nSPS) is 11.0. The second-order valence-corrected chi connectivity index (χ2v) is 7.80. The van der Waals surface area contributed by atoms with Gasteiger partial charge in [0.05, 0.1) is 39.0 Å². The summed E-state index contributed by atoms with van der Waals surface area (Å²) in [5.41, 5.74) is 2.42. The van der Waals surface area contributed by atoms with Crippen LogP contribution in [-0.4, -0.2) is 32.2 Å².